The number of nitrogens with zero attached hydrogens (tertiary/aromatic N) is 1. The van der Waals surface area contributed by atoms with Crippen molar-refractivity contribution in [2.75, 3.05) is 13.1 Å². The number of hydrogen-bond donors (Lipinski definition) is 0. The Morgan fingerprint density at radius 2 is 1.57 bits per heavy atom. The van der Waals surface area contributed by atoms with Crippen molar-refractivity contribution in [1.82, 2.24) is 4.90 Å². The lowest BCUT2D eigenvalue weighted by atomic mass is 9.92. The molecule has 14 heavy (non-hydrogen) atoms. The smallest absolute Gasteiger partial charge is 0.00964 e. The van der Waals surface area contributed by atoms with Gasteiger partial charge in [-0.1, -0.05) is 33.6 Å². The normalized spacial score (nSPS) is 24.2. The first kappa shape index (κ1) is 12.0. The lowest BCUT2D eigenvalue weighted by Crippen LogP contribution is -2.35. The molecule has 1 heteroatoms. The maximum absolute atomic E-state index is 2.71. The molecule has 0 bridgehead atoms. The van der Waals surface area contributed by atoms with Crippen molar-refractivity contribution in [2.24, 2.45) is 5.92 Å². The summed E-state index contributed by atoms with van der Waals surface area (Å²) in [5.41, 5.74) is 0. The molecule has 2 rings (SSSR count). The van der Waals surface area contributed by atoms with Crippen LogP contribution in [0.2, 0.25) is 0 Å². The van der Waals surface area contributed by atoms with E-state index in [9.17, 15) is 0 Å². The van der Waals surface area contributed by atoms with Crippen LogP contribution in [0.1, 0.15) is 59.3 Å². The molecule has 0 amide bonds. The predicted molar refractivity (Wildman–Crippen MR) is 63.6 cm³/mol. The van der Waals surface area contributed by atoms with Gasteiger partial charge in [-0.25, -0.2) is 0 Å². The van der Waals surface area contributed by atoms with Gasteiger partial charge in [0.25, 0.3) is 0 Å². The first-order valence-electron chi connectivity index (χ1n) is 6.64. The molecule has 1 nitrogen and oxygen atoms in total. The molecule has 84 valence electrons. The molecule has 0 aromatic rings. The van der Waals surface area contributed by atoms with Gasteiger partial charge in [-0.15, -0.1) is 0 Å². The second kappa shape index (κ2) is 6.44. The summed E-state index contributed by atoms with van der Waals surface area (Å²) in [4.78, 5) is 2.71. The van der Waals surface area contributed by atoms with E-state index in [1.807, 2.05) is 13.8 Å². The average molecular weight is 197 g/mol. The molecule has 0 aromatic heterocycles. The molecule has 1 aliphatic carbocycles. The van der Waals surface area contributed by atoms with Gasteiger partial charge < -0.3 is 4.90 Å². The molecule has 1 saturated heterocycles. The maximum atomic E-state index is 2.71. The van der Waals surface area contributed by atoms with Gasteiger partial charge in [-0.3, -0.25) is 0 Å². The largest absolute Gasteiger partial charge is 0.300 e. The Kier molecular flexibility index (Phi) is 5.54. The number of hydrogen-bond acceptors (Lipinski definition) is 1. The summed E-state index contributed by atoms with van der Waals surface area (Å²) in [7, 11) is 0. The molecule has 1 heterocycles. The van der Waals surface area contributed by atoms with Gasteiger partial charge in [-0.2, -0.15) is 0 Å². The van der Waals surface area contributed by atoms with Gasteiger partial charge >= 0.3 is 0 Å². The molecule has 0 aromatic carbocycles. The maximum Gasteiger partial charge on any atom is 0.00964 e. The lowest BCUT2D eigenvalue weighted by Gasteiger charge is -2.31. The van der Waals surface area contributed by atoms with E-state index in [4.69, 9.17) is 0 Å². The van der Waals surface area contributed by atoms with Crippen molar-refractivity contribution in [3.8, 4) is 0 Å². The van der Waals surface area contributed by atoms with E-state index in [0.717, 1.165) is 12.0 Å². The molecular formula is C13H27N. The van der Waals surface area contributed by atoms with E-state index >= 15 is 0 Å². The van der Waals surface area contributed by atoms with Crippen LogP contribution < -0.4 is 0 Å². The van der Waals surface area contributed by atoms with Crippen LogP contribution in [0.5, 0.6) is 0 Å². The van der Waals surface area contributed by atoms with Gasteiger partial charge in [0.1, 0.15) is 0 Å². The monoisotopic (exact) mass is 197 g/mol. The highest BCUT2D eigenvalue weighted by Crippen LogP contribution is 2.31. The summed E-state index contributed by atoms with van der Waals surface area (Å²) >= 11 is 0. The van der Waals surface area contributed by atoms with E-state index < -0.39 is 0 Å². The zero-order chi connectivity index (χ0) is 10.4. The minimum Gasteiger partial charge on any atom is -0.300 e. The fourth-order valence-electron chi connectivity index (χ4n) is 2.45. The first-order chi connectivity index (χ1) is 6.90. The summed E-state index contributed by atoms with van der Waals surface area (Å²) in [5, 5.41) is 0. The Balaban J connectivity index is 0.000000461. The Labute approximate surface area is 89.9 Å². The van der Waals surface area contributed by atoms with Gasteiger partial charge in [0.2, 0.25) is 0 Å². The van der Waals surface area contributed by atoms with Crippen molar-refractivity contribution < 1.29 is 0 Å². The van der Waals surface area contributed by atoms with Crippen LogP contribution in [-0.4, -0.2) is 24.0 Å². The van der Waals surface area contributed by atoms with E-state index in [2.05, 4.69) is 11.8 Å². The molecule has 2 aliphatic rings. The number of rotatable bonds is 3. The second-order valence-corrected chi connectivity index (χ2v) is 4.50. The predicted octanol–water partition coefficient (Wildman–Crippen LogP) is 3.69. The number of piperidine rings is 1. The van der Waals surface area contributed by atoms with Gasteiger partial charge in [0, 0.05) is 6.04 Å². The molecule has 1 saturated carbocycles. The Morgan fingerprint density at radius 3 is 2.00 bits per heavy atom. The van der Waals surface area contributed by atoms with Crippen LogP contribution in [0.15, 0.2) is 0 Å². The third kappa shape index (κ3) is 3.61. The van der Waals surface area contributed by atoms with Crippen LogP contribution in [-0.2, 0) is 0 Å². The van der Waals surface area contributed by atoms with Crippen molar-refractivity contribution >= 4 is 0 Å². The fourth-order valence-corrected chi connectivity index (χ4v) is 2.45. The van der Waals surface area contributed by atoms with E-state index in [1.165, 1.54) is 51.6 Å². The summed E-state index contributed by atoms with van der Waals surface area (Å²) in [5.74, 6) is 1.06. The van der Waals surface area contributed by atoms with Gasteiger partial charge in [0.15, 0.2) is 0 Å². The third-order valence-electron chi connectivity index (χ3n) is 3.41. The zero-order valence-corrected chi connectivity index (χ0v) is 10.3. The standard InChI is InChI=1S/C11H21N.C2H6/c1-2-3-10-6-8-12(9-7-10)11-4-5-11;1-2/h10-11H,2-9H2,1H3;1-2H3. The fraction of sp³-hybridized carbons (Fsp3) is 1.00. The molecule has 0 N–H and O–H groups in total. The highest BCUT2D eigenvalue weighted by atomic mass is 15.2. The third-order valence-corrected chi connectivity index (χ3v) is 3.41. The summed E-state index contributed by atoms with van der Waals surface area (Å²) in [6, 6.07) is 1.01. The Hall–Kier alpha value is -0.0400. The lowest BCUT2D eigenvalue weighted by molar-refractivity contribution is 0.171. The molecule has 1 aliphatic heterocycles. The van der Waals surface area contributed by atoms with E-state index in [1.54, 1.807) is 0 Å². The van der Waals surface area contributed by atoms with Gasteiger partial charge in [0.05, 0.1) is 0 Å². The van der Waals surface area contributed by atoms with Crippen LogP contribution in [0, 0.1) is 5.92 Å². The number of likely N-dealkylation sites (tertiary alicyclic amines) is 1. The Morgan fingerprint density at radius 1 is 1.00 bits per heavy atom. The van der Waals surface area contributed by atoms with Crippen molar-refractivity contribution in [2.45, 2.75) is 65.3 Å². The zero-order valence-electron chi connectivity index (χ0n) is 10.3. The molecule has 0 unspecified atom stereocenters. The van der Waals surface area contributed by atoms with Crippen LogP contribution in [0.4, 0.5) is 0 Å². The molecular weight excluding hydrogens is 170 g/mol. The topological polar surface area (TPSA) is 3.24 Å². The SMILES string of the molecule is CC.CCCC1CCN(C2CC2)CC1. The minimum absolute atomic E-state index is 1.01. The molecule has 0 spiro atoms. The summed E-state index contributed by atoms with van der Waals surface area (Å²) in [6.07, 6.45) is 8.78. The highest BCUT2D eigenvalue weighted by Gasteiger charge is 2.31. The molecule has 0 radical (unpaired) electrons. The quantitative estimate of drug-likeness (QED) is 0.667. The van der Waals surface area contributed by atoms with Crippen LogP contribution >= 0.6 is 0 Å². The van der Waals surface area contributed by atoms with Gasteiger partial charge in [-0.05, 0) is 44.7 Å². The van der Waals surface area contributed by atoms with E-state index in [0.29, 0.717) is 0 Å². The summed E-state index contributed by atoms with van der Waals surface area (Å²) < 4.78 is 0. The first-order valence-corrected chi connectivity index (χ1v) is 6.64. The van der Waals surface area contributed by atoms with E-state index in [-0.39, 0.29) is 0 Å². The molecule has 0 atom stereocenters. The Bertz CT molecular complexity index is 132. The highest BCUT2D eigenvalue weighted by molar-refractivity contribution is 4.87. The van der Waals surface area contributed by atoms with Crippen LogP contribution in [0.3, 0.4) is 0 Å². The van der Waals surface area contributed by atoms with Crippen LogP contribution in [0.25, 0.3) is 0 Å². The summed E-state index contributed by atoms with van der Waals surface area (Å²) in [6.45, 7) is 9.11. The van der Waals surface area contributed by atoms with Crippen molar-refractivity contribution in [3.63, 3.8) is 0 Å². The average Bonchev–Trinajstić information content (AvgIpc) is 3.06. The van der Waals surface area contributed by atoms with Crippen molar-refractivity contribution in [1.29, 1.82) is 0 Å². The second-order valence-electron chi connectivity index (χ2n) is 4.50. The molecule has 2 fully saturated rings. The minimum atomic E-state index is 1.01. The van der Waals surface area contributed by atoms with Crippen molar-refractivity contribution in [3.05, 3.63) is 0 Å².